The Morgan fingerprint density at radius 1 is 1.03 bits per heavy atom. The minimum atomic E-state index is -0.960. The van der Waals surface area contributed by atoms with Crippen molar-refractivity contribution in [3.8, 4) is 5.75 Å². The van der Waals surface area contributed by atoms with Gasteiger partial charge in [0.15, 0.2) is 0 Å². The first-order valence-corrected chi connectivity index (χ1v) is 11.0. The number of ether oxygens (including phenoxy) is 1. The van der Waals surface area contributed by atoms with E-state index in [0.29, 0.717) is 26.2 Å². The molecular weight excluding hydrogens is 427 g/mol. The highest BCUT2D eigenvalue weighted by atomic mass is 19.1. The second kappa shape index (κ2) is 9.89. The molecule has 2 aromatic rings. The highest BCUT2D eigenvalue weighted by Crippen LogP contribution is 2.22. The van der Waals surface area contributed by atoms with Crippen molar-refractivity contribution < 1.29 is 23.5 Å². The Kier molecular flexibility index (Phi) is 6.76. The van der Waals surface area contributed by atoms with E-state index in [9.17, 15) is 18.8 Å². The molecule has 2 aromatic carbocycles. The van der Waals surface area contributed by atoms with Crippen LogP contribution in [-0.4, -0.2) is 79.9 Å². The number of nitrogens with one attached hydrogen (secondary N) is 1. The maximum atomic E-state index is 14.2. The number of nitrogens with zero attached hydrogens (tertiary/aromatic N) is 3. The van der Waals surface area contributed by atoms with Gasteiger partial charge in [-0.25, -0.2) is 4.39 Å². The molecule has 2 saturated heterocycles. The summed E-state index contributed by atoms with van der Waals surface area (Å²) in [7, 11) is 1.62. The lowest BCUT2D eigenvalue weighted by Gasteiger charge is -2.39. The molecule has 1 atom stereocenters. The molecule has 0 bridgehead atoms. The van der Waals surface area contributed by atoms with Crippen LogP contribution in [0.25, 0.3) is 0 Å². The van der Waals surface area contributed by atoms with Gasteiger partial charge in [-0.2, -0.15) is 0 Å². The average molecular weight is 455 g/mol. The van der Waals surface area contributed by atoms with Gasteiger partial charge in [0.1, 0.15) is 17.6 Å². The van der Waals surface area contributed by atoms with E-state index in [1.807, 2.05) is 24.3 Å². The molecule has 3 amide bonds. The van der Waals surface area contributed by atoms with Gasteiger partial charge in [0.25, 0.3) is 5.91 Å². The lowest BCUT2D eigenvalue weighted by molar-refractivity contribution is -0.138. The fraction of sp³-hybridized carbons (Fsp3) is 0.375. The Morgan fingerprint density at radius 2 is 1.73 bits per heavy atom. The Morgan fingerprint density at radius 3 is 2.39 bits per heavy atom. The van der Waals surface area contributed by atoms with E-state index in [1.54, 1.807) is 18.1 Å². The third-order valence-corrected chi connectivity index (χ3v) is 6.13. The molecule has 4 rings (SSSR count). The number of anilines is 1. The first kappa shape index (κ1) is 22.6. The Balaban J connectivity index is 1.39. The highest BCUT2D eigenvalue weighted by Gasteiger charge is 2.37. The van der Waals surface area contributed by atoms with E-state index < -0.39 is 23.7 Å². The summed E-state index contributed by atoms with van der Waals surface area (Å²) in [5.41, 5.74) is 0.953. The van der Waals surface area contributed by atoms with Crippen LogP contribution in [0, 0.1) is 5.82 Å². The SMILES string of the molecule is COc1ccc(N2CCN(C(=O)CC3C(=O)NCCN3C(=O)c3ccccc3F)CC2)cc1. The minimum Gasteiger partial charge on any atom is -0.497 e. The smallest absolute Gasteiger partial charge is 0.257 e. The molecule has 2 fully saturated rings. The van der Waals surface area contributed by atoms with E-state index in [4.69, 9.17) is 4.74 Å². The van der Waals surface area contributed by atoms with Crippen molar-refractivity contribution in [2.45, 2.75) is 12.5 Å². The van der Waals surface area contributed by atoms with Crippen LogP contribution in [0.3, 0.4) is 0 Å². The maximum absolute atomic E-state index is 14.2. The molecule has 1 N–H and O–H groups in total. The van der Waals surface area contributed by atoms with Gasteiger partial charge in [-0.05, 0) is 36.4 Å². The summed E-state index contributed by atoms with van der Waals surface area (Å²) in [6.07, 6.45) is -0.130. The molecule has 0 saturated carbocycles. The second-order valence-corrected chi connectivity index (χ2v) is 8.06. The average Bonchev–Trinajstić information content (AvgIpc) is 2.85. The maximum Gasteiger partial charge on any atom is 0.257 e. The summed E-state index contributed by atoms with van der Waals surface area (Å²) in [4.78, 5) is 43.7. The van der Waals surface area contributed by atoms with Crippen LogP contribution >= 0.6 is 0 Å². The number of carbonyl (C=O) groups excluding carboxylic acids is 3. The largest absolute Gasteiger partial charge is 0.497 e. The number of piperazine rings is 2. The van der Waals surface area contributed by atoms with E-state index in [1.165, 1.54) is 23.1 Å². The van der Waals surface area contributed by atoms with Crippen LogP contribution in [0.4, 0.5) is 10.1 Å². The number of hydrogen-bond donors (Lipinski definition) is 1. The number of rotatable bonds is 5. The molecule has 2 aliphatic heterocycles. The molecule has 33 heavy (non-hydrogen) atoms. The van der Waals surface area contributed by atoms with E-state index in [-0.39, 0.29) is 31.0 Å². The highest BCUT2D eigenvalue weighted by molar-refractivity contribution is 5.99. The molecule has 0 spiro atoms. The van der Waals surface area contributed by atoms with Gasteiger partial charge in [0.2, 0.25) is 11.8 Å². The molecule has 1 unspecified atom stereocenters. The summed E-state index contributed by atoms with van der Waals surface area (Å²) in [6, 6.07) is 12.5. The second-order valence-electron chi connectivity index (χ2n) is 8.06. The third-order valence-electron chi connectivity index (χ3n) is 6.13. The quantitative estimate of drug-likeness (QED) is 0.741. The van der Waals surface area contributed by atoms with Crippen molar-refractivity contribution in [1.29, 1.82) is 0 Å². The topological polar surface area (TPSA) is 82.2 Å². The standard InChI is InChI=1S/C24H27FN4O4/c1-33-18-8-6-17(7-9-18)27-12-14-28(15-13-27)22(30)16-21-23(31)26-10-11-29(21)24(32)19-4-2-3-5-20(19)25/h2-9,21H,10-16H2,1H3,(H,26,31). The van der Waals surface area contributed by atoms with Crippen LogP contribution < -0.4 is 15.0 Å². The molecule has 0 aliphatic carbocycles. The minimum absolute atomic E-state index is 0.0993. The van der Waals surface area contributed by atoms with Gasteiger partial charge in [0.05, 0.1) is 19.1 Å². The summed E-state index contributed by atoms with van der Waals surface area (Å²) >= 11 is 0. The summed E-state index contributed by atoms with van der Waals surface area (Å²) in [5, 5.41) is 2.71. The van der Waals surface area contributed by atoms with Crippen LogP contribution in [-0.2, 0) is 9.59 Å². The molecule has 174 valence electrons. The van der Waals surface area contributed by atoms with Crippen molar-refractivity contribution in [3.05, 3.63) is 59.9 Å². The molecular formula is C24H27FN4O4. The molecule has 0 aromatic heterocycles. The van der Waals surface area contributed by atoms with Crippen molar-refractivity contribution >= 4 is 23.4 Å². The van der Waals surface area contributed by atoms with E-state index in [0.717, 1.165) is 11.4 Å². The van der Waals surface area contributed by atoms with Crippen LogP contribution in [0.5, 0.6) is 5.75 Å². The van der Waals surface area contributed by atoms with Gasteiger partial charge in [-0.15, -0.1) is 0 Å². The zero-order chi connectivity index (χ0) is 23.4. The first-order chi connectivity index (χ1) is 16.0. The summed E-state index contributed by atoms with van der Waals surface area (Å²) in [6.45, 7) is 2.84. The van der Waals surface area contributed by atoms with Crippen LogP contribution in [0.1, 0.15) is 16.8 Å². The van der Waals surface area contributed by atoms with Crippen LogP contribution in [0.2, 0.25) is 0 Å². The van der Waals surface area contributed by atoms with Gasteiger partial charge in [-0.3, -0.25) is 14.4 Å². The monoisotopic (exact) mass is 454 g/mol. The van der Waals surface area contributed by atoms with Gasteiger partial charge in [-0.1, -0.05) is 12.1 Å². The number of hydrogen-bond acceptors (Lipinski definition) is 5. The summed E-state index contributed by atoms with van der Waals surface area (Å²) < 4.78 is 19.4. The Bertz CT molecular complexity index is 1020. The molecule has 8 nitrogen and oxygen atoms in total. The zero-order valence-electron chi connectivity index (χ0n) is 18.5. The number of halogens is 1. The fourth-order valence-corrected chi connectivity index (χ4v) is 4.25. The van der Waals surface area contributed by atoms with Crippen molar-refractivity contribution in [2.75, 3.05) is 51.3 Å². The lowest BCUT2D eigenvalue weighted by atomic mass is 10.0. The third kappa shape index (κ3) is 4.92. The van der Waals surface area contributed by atoms with Crippen molar-refractivity contribution in [3.63, 3.8) is 0 Å². The zero-order valence-corrected chi connectivity index (χ0v) is 18.5. The van der Waals surface area contributed by atoms with Crippen LogP contribution in [0.15, 0.2) is 48.5 Å². The Hall–Kier alpha value is -3.62. The van der Waals surface area contributed by atoms with E-state index >= 15 is 0 Å². The van der Waals surface area contributed by atoms with Gasteiger partial charge >= 0.3 is 0 Å². The number of methoxy groups -OCH3 is 1. The number of benzene rings is 2. The first-order valence-electron chi connectivity index (χ1n) is 11.0. The summed E-state index contributed by atoms with van der Waals surface area (Å²) in [5.74, 6) is -1.03. The molecule has 2 heterocycles. The normalized spacial score (nSPS) is 18.7. The molecule has 2 aliphatic rings. The van der Waals surface area contributed by atoms with Crippen molar-refractivity contribution in [1.82, 2.24) is 15.1 Å². The predicted molar refractivity (Wildman–Crippen MR) is 121 cm³/mol. The Labute approximate surface area is 191 Å². The number of carbonyl (C=O) groups is 3. The van der Waals surface area contributed by atoms with E-state index in [2.05, 4.69) is 10.2 Å². The van der Waals surface area contributed by atoms with Gasteiger partial charge < -0.3 is 24.8 Å². The van der Waals surface area contributed by atoms with Crippen molar-refractivity contribution in [2.24, 2.45) is 0 Å². The lowest BCUT2D eigenvalue weighted by Crippen LogP contribution is -2.59. The molecule has 9 heteroatoms. The predicted octanol–water partition coefficient (Wildman–Crippen LogP) is 1.51. The van der Waals surface area contributed by atoms with Gasteiger partial charge in [0, 0.05) is 45.0 Å². The number of amides is 3. The fourth-order valence-electron chi connectivity index (χ4n) is 4.25. The molecule has 0 radical (unpaired) electrons.